The van der Waals surface area contributed by atoms with Gasteiger partial charge >= 0.3 is 0 Å². The van der Waals surface area contributed by atoms with Crippen LogP contribution in [0.2, 0.25) is 0 Å². The van der Waals surface area contributed by atoms with Crippen LogP contribution in [-0.2, 0) is 11.2 Å². The summed E-state index contributed by atoms with van der Waals surface area (Å²) in [5.74, 6) is 1.47. The molecule has 2 aliphatic rings. The Hall–Kier alpha value is -3.30. The molecule has 0 unspecified atom stereocenters. The van der Waals surface area contributed by atoms with Crippen LogP contribution in [-0.4, -0.2) is 69.8 Å². The topological polar surface area (TPSA) is 57.0 Å². The predicted octanol–water partition coefficient (Wildman–Crippen LogP) is 5.73. The minimum absolute atomic E-state index is 0.250. The number of piperidine rings is 1. The van der Waals surface area contributed by atoms with Gasteiger partial charge in [0.15, 0.2) is 5.13 Å². The highest BCUT2D eigenvalue weighted by molar-refractivity contribution is 7.14. The van der Waals surface area contributed by atoms with Gasteiger partial charge in [-0.2, -0.15) is 0 Å². The summed E-state index contributed by atoms with van der Waals surface area (Å²) >= 11 is 1.57. The highest BCUT2D eigenvalue weighted by Crippen LogP contribution is 2.35. The first-order valence-electron chi connectivity index (χ1n) is 14.0. The number of anilines is 2. The lowest BCUT2D eigenvalue weighted by molar-refractivity contribution is -0.133. The zero-order chi connectivity index (χ0) is 26.9. The summed E-state index contributed by atoms with van der Waals surface area (Å²) in [5, 5.41) is 2.87. The molecule has 5 heterocycles. The molecule has 1 amide bonds. The highest BCUT2D eigenvalue weighted by atomic mass is 32.1. The second-order valence-corrected chi connectivity index (χ2v) is 11.5. The molecule has 9 heteroatoms. The van der Waals surface area contributed by atoms with Gasteiger partial charge in [0.1, 0.15) is 17.3 Å². The standard InChI is InChI=1S/C30H35FN6OS/c1-3-25-29(34(2)30-33-26(20-39-30)22-6-9-24(31)10-7-22)37-18-23(8-11-27(37)32-25)21-12-16-36(17-13-21)28(38)19-35-14-4-5-15-35/h6-11,18,20-21H,3-5,12-17,19H2,1-2H3. The minimum atomic E-state index is -0.250. The number of thiazole rings is 1. The van der Waals surface area contributed by atoms with Gasteiger partial charge in [0.25, 0.3) is 0 Å². The number of benzene rings is 1. The molecule has 1 aromatic carbocycles. The maximum absolute atomic E-state index is 13.4. The van der Waals surface area contributed by atoms with Crippen molar-refractivity contribution in [3.8, 4) is 11.3 Å². The molecule has 0 spiro atoms. The number of pyridine rings is 1. The number of fused-ring (bicyclic) bond motifs is 1. The summed E-state index contributed by atoms with van der Waals surface area (Å²) in [6.07, 6.45) is 7.41. The van der Waals surface area contributed by atoms with Crippen LogP contribution >= 0.6 is 11.3 Å². The van der Waals surface area contributed by atoms with E-state index >= 15 is 0 Å². The van der Waals surface area contributed by atoms with Gasteiger partial charge in [0, 0.05) is 37.3 Å². The summed E-state index contributed by atoms with van der Waals surface area (Å²) in [5.41, 5.74) is 4.96. The lowest BCUT2D eigenvalue weighted by Gasteiger charge is -2.33. The zero-order valence-corrected chi connectivity index (χ0v) is 23.5. The van der Waals surface area contributed by atoms with Crippen molar-refractivity contribution in [2.75, 3.05) is 44.7 Å². The van der Waals surface area contributed by atoms with Crippen LogP contribution in [0.4, 0.5) is 15.3 Å². The summed E-state index contributed by atoms with van der Waals surface area (Å²) in [6.45, 7) is 6.44. The second-order valence-electron chi connectivity index (χ2n) is 10.6. The Labute approximate surface area is 232 Å². The van der Waals surface area contributed by atoms with E-state index < -0.39 is 0 Å². The third-order valence-corrected chi connectivity index (χ3v) is 9.05. The Kier molecular flexibility index (Phi) is 7.36. The predicted molar refractivity (Wildman–Crippen MR) is 154 cm³/mol. The van der Waals surface area contributed by atoms with Gasteiger partial charge < -0.3 is 9.80 Å². The van der Waals surface area contributed by atoms with E-state index in [0.717, 1.165) is 79.0 Å². The van der Waals surface area contributed by atoms with Crippen molar-refractivity contribution in [3.05, 3.63) is 65.0 Å². The average molecular weight is 547 g/mol. The summed E-state index contributed by atoms with van der Waals surface area (Å²) in [7, 11) is 2.03. The Balaban J connectivity index is 1.21. The van der Waals surface area contributed by atoms with E-state index in [1.807, 2.05) is 12.4 Å². The lowest BCUT2D eigenvalue weighted by Crippen LogP contribution is -2.43. The van der Waals surface area contributed by atoms with Crippen LogP contribution in [0.25, 0.3) is 16.9 Å². The first-order chi connectivity index (χ1) is 19.0. The normalized spacial score (nSPS) is 16.8. The van der Waals surface area contributed by atoms with Crippen molar-refractivity contribution in [2.45, 2.75) is 44.9 Å². The van der Waals surface area contributed by atoms with E-state index in [0.29, 0.717) is 12.5 Å². The third kappa shape index (κ3) is 5.30. The molecule has 0 radical (unpaired) electrons. The smallest absolute Gasteiger partial charge is 0.236 e. The first-order valence-corrected chi connectivity index (χ1v) is 14.8. The van der Waals surface area contributed by atoms with Gasteiger partial charge in [0.05, 0.1) is 17.9 Å². The van der Waals surface area contributed by atoms with Crippen LogP contribution in [0.5, 0.6) is 0 Å². The maximum atomic E-state index is 13.4. The average Bonchev–Trinajstić information content (AvgIpc) is 3.73. The molecule has 0 saturated carbocycles. The van der Waals surface area contributed by atoms with E-state index in [4.69, 9.17) is 9.97 Å². The zero-order valence-electron chi connectivity index (χ0n) is 22.6. The van der Waals surface area contributed by atoms with Gasteiger partial charge in [-0.25, -0.2) is 14.4 Å². The molecule has 0 N–H and O–H groups in total. The fraction of sp³-hybridized carbons (Fsp3) is 0.433. The number of nitrogens with zero attached hydrogens (tertiary/aromatic N) is 6. The van der Waals surface area contributed by atoms with Gasteiger partial charge in [0.2, 0.25) is 5.91 Å². The van der Waals surface area contributed by atoms with Gasteiger partial charge in [-0.3, -0.25) is 14.1 Å². The largest absolute Gasteiger partial charge is 0.342 e. The van der Waals surface area contributed by atoms with Crippen molar-refractivity contribution in [2.24, 2.45) is 0 Å². The van der Waals surface area contributed by atoms with Crippen LogP contribution in [0, 0.1) is 5.82 Å². The number of rotatable bonds is 7. The molecule has 3 aromatic heterocycles. The van der Waals surface area contributed by atoms with E-state index in [1.54, 1.807) is 23.5 Å². The Morgan fingerprint density at radius 3 is 2.51 bits per heavy atom. The minimum Gasteiger partial charge on any atom is -0.342 e. The van der Waals surface area contributed by atoms with Crippen molar-refractivity contribution in [1.29, 1.82) is 0 Å². The number of likely N-dealkylation sites (tertiary alicyclic amines) is 2. The molecule has 0 aliphatic carbocycles. The molecular formula is C30H35FN6OS. The third-order valence-electron chi connectivity index (χ3n) is 8.13. The molecule has 39 heavy (non-hydrogen) atoms. The van der Waals surface area contributed by atoms with Gasteiger partial charge in [-0.1, -0.05) is 13.0 Å². The number of hydrogen-bond acceptors (Lipinski definition) is 6. The Morgan fingerprint density at radius 1 is 1.05 bits per heavy atom. The van der Waals surface area contributed by atoms with Crippen molar-refractivity contribution >= 4 is 33.8 Å². The van der Waals surface area contributed by atoms with Crippen molar-refractivity contribution < 1.29 is 9.18 Å². The molecule has 6 rings (SSSR count). The van der Waals surface area contributed by atoms with Crippen LogP contribution < -0.4 is 4.90 Å². The summed E-state index contributed by atoms with van der Waals surface area (Å²) < 4.78 is 15.6. The molecule has 0 atom stereocenters. The molecular weight excluding hydrogens is 511 g/mol. The quantitative estimate of drug-likeness (QED) is 0.296. The van der Waals surface area contributed by atoms with E-state index in [2.05, 4.69) is 44.4 Å². The number of halogens is 1. The molecule has 7 nitrogen and oxygen atoms in total. The summed E-state index contributed by atoms with van der Waals surface area (Å²) in [6, 6.07) is 10.8. The summed E-state index contributed by atoms with van der Waals surface area (Å²) in [4.78, 5) is 29.1. The molecule has 2 aliphatic heterocycles. The number of aromatic nitrogens is 3. The van der Waals surface area contributed by atoms with E-state index in [9.17, 15) is 9.18 Å². The Bertz CT molecular complexity index is 1450. The van der Waals surface area contributed by atoms with Crippen LogP contribution in [0.3, 0.4) is 0 Å². The number of amides is 1. The van der Waals surface area contributed by atoms with E-state index in [1.165, 1.54) is 30.5 Å². The fourth-order valence-corrected chi connectivity index (χ4v) is 6.69. The van der Waals surface area contributed by atoms with Gasteiger partial charge in [-0.05, 0) is 87.0 Å². The number of imidazole rings is 1. The maximum Gasteiger partial charge on any atom is 0.236 e. The molecule has 2 fully saturated rings. The first kappa shape index (κ1) is 26.0. The lowest BCUT2D eigenvalue weighted by atomic mass is 9.90. The highest BCUT2D eigenvalue weighted by Gasteiger charge is 2.27. The molecule has 2 saturated heterocycles. The monoisotopic (exact) mass is 546 g/mol. The van der Waals surface area contributed by atoms with Crippen LogP contribution in [0.1, 0.15) is 49.8 Å². The van der Waals surface area contributed by atoms with Crippen molar-refractivity contribution in [1.82, 2.24) is 24.2 Å². The Morgan fingerprint density at radius 2 is 1.79 bits per heavy atom. The molecule has 0 bridgehead atoms. The molecule has 204 valence electrons. The second kappa shape index (κ2) is 11.1. The fourth-order valence-electron chi connectivity index (χ4n) is 5.89. The van der Waals surface area contributed by atoms with Crippen molar-refractivity contribution in [3.63, 3.8) is 0 Å². The van der Waals surface area contributed by atoms with E-state index in [-0.39, 0.29) is 11.7 Å². The SMILES string of the molecule is CCc1nc2ccc(C3CCN(C(=O)CN4CCCC4)CC3)cn2c1N(C)c1nc(-c2ccc(F)cc2)cs1. The molecule has 4 aromatic rings. The number of carbonyl (C=O) groups excluding carboxylic acids is 1. The van der Waals surface area contributed by atoms with Gasteiger partial charge in [-0.15, -0.1) is 11.3 Å². The number of carbonyl (C=O) groups is 1. The van der Waals surface area contributed by atoms with Crippen LogP contribution in [0.15, 0.2) is 48.0 Å². The number of aryl methyl sites for hydroxylation is 1. The number of hydrogen-bond donors (Lipinski definition) is 0.